The van der Waals surface area contributed by atoms with Crippen molar-refractivity contribution in [1.82, 2.24) is 4.98 Å². The molecule has 0 bridgehead atoms. The van der Waals surface area contributed by atoms with E-state index in [9.17, 15) is 5.26 Å². The van der Waals surface area contributed by atoms with Gasteiger partial charge in [0.05, 0.1) is 12.7 Å². The summed E-state index contributed by atoms with van der Waals surface area (Å²) in [5.41, 5.74) is 3.92. The first-order valence-corrected chi connectivity index (χ1v) is 7.03. The van der Waals surface area contributed by atoms with Crippen LogP contribution in [0.1, 0.15) is 23.2 Å². The molecule has 0 saturated carbocycles. The molecule has 0 unspecified atom stereocenters. The van der Waals surface area contributed by atoms with Gasteiger partial charge in [0.25, 0.3) is 0 Å². The third kappa shape index (κ3) is 2.43. The van der Waals surface area contributed by atoms with Gasteiger partial charge in [0, 0.05) is 24.5 Å². The molecule has 0 atom stereocenters. The van der Waals surface area contributed by atoms with E-state index < -0.39 is 0 Å². The van der Waals surface area contributed by atoms with Gasteiger partial charge in [-0.3, -0.25) is 0 Å². The van der Waals surface area contributed by atoms with E-state index >= 15 is 0 Å². The van der Waals surface area contributed by atoms with Crippen LogP contribution >= 0.6 is 0 Å². The molecule has 1 aromatic carbocycles. The first kappa shape index (κ1) is 13.4. The van der Waals surface area contributed by atoms with Crippen LogP contribution < -0.4 is 9.64 Å². The van der Waals surface area contributed by atoms with Gasteiger partial charge in [0.15, 0.2) is 5.82 Å². The summed E-state index contributed by atoms with van der Waals surface area (Å²) in [5, 5.41) is 9.40. The normalized spacial score (nSPS) is 12.6. The third-order valence-corrected chi connectivity index (χ3v) is 3.91. The first-order chi connectivity index (χ1) is 10.2. The van der Waals surface area contributed by atoms with Gasteiger partial charge >= 0.3 is 0 Å². The van der Waals surface area contributed by atoms with Crippen molar-refractivity contribution in [3.8, 4) is 11.8 Å². The molecule has 0 saturated heterocycles. The van der Waals surface area contributed by atoms with Crippen molar-refractivity contribution < 1.29 is 4.74 Å². The number of hydrogen-bond donors (Lipinski definition) is 0. The summed E-state index contributed by atoms with van der Waals surface area (Å²) in [5.74, 6) is 1.51. The van der Waals surface area contributed by atoms with E-state index in [2.05, 4.69) is 6.07 Å². The van der Waals surface area contributed by atoms with Gasteiger partial charge in [-0.15, -0.1) is 0 Å². The Bertz CT molecular complexity index is 718. The van der Waals surface area contributed by atoms with E-state index in [4.69, 9.17) is 9.72 Å². The van der Waals surface area contributed by atoms with Gasteiger partial charge in [-0.25, -0.2) is 4.98 Å². The molecule has 106 valence electrons. The number of pyridine rings is 1. The molecule has 0 spiro atoms. The van der Waals surface area contributed by atoms with Gasteiger partial charge in [-0.05, 0) is 43.0 Å². The smallest absolute Gasteiger partial charge is 0.151 e. The number of nitrogens with zero attached hydrogens (tertiary/aromatic N) is 3. The van der Waals surface area contributed by atoms with Crippen molar-refractivity contribution in [1.29, 1.82) is 5.26 Å². The van der Waals surface area contributed by atoms with Crippen molar-refractivity contribution in [2.24, 2.45) is 0 Å². The van der Waals surface area contributed by atoms with E-state index in [1.165, 1.54) is 5.56 Å². The summed E-state index contributed by atoms with van der Waals surface area (Å²) >= 11 is 0. The SMILES string of the molecule is COc1cccc(N(C)c2nc3c(cc2C#N)CCC3)c1. The molecule has 4 heteroatoms. The lowest BCUT2D eigenvalue weighted by molar-refractivity contribution is 0.415. The Hall–Kier alpha value is -2.54. The van der Waals surface area contributed by atoms with Gasteiger partial charge in [-0.2, -0.15) is 5.26 Å². The van der Waals surface area contributed by atoms with Crippen LogP contribution in [0, 0.1) is 11.3 Å². The molecule has 0 N–H and O–H groups in total. The fourth-order valence-corrected chi connectivity index (χ4v) is 2.74. The fraction of sp³-hybridized carbons (Fsp3) is 0.294. The van der Waals surface area contributed by atoms with Crippen LogP contribution in [0.3, 0.4) is 0 Å². The molecule has 21 heavy (non-hydrogen) atoms. The largest absolute Gasteiger partial charge is 0.497 e. The lowest BCUT2D eigenvalue weighted by atomic mass is 10.1. The molecule has 0 amide bonds. The highest BCUT2D eigenvalue weighted by molar-refractivity contribution is 5.67. The van der Waals surface area contributed by atoms with Crippen molar-refractivity contribution in [2.75, 3.05) is 19.1 Å². The molecule has 1 aliphatic carbocycles. The minimum Gasteiger partial charge on any atom is -0.497 e. The van der Waals surface area contributed by atoms with Crippen molar-refractivity contribution in [2.45, 2.75) is 19.3 Å². The maximum absolute atomic E-state index is 9.40. The second-order valence-corrected chi connectivity index (χ2v) is 5.19. The number of nitriles is 1. The lowest BCUT2D eigenvalue weighted by Crippen LogP contribution is -2.14. The number of hydrogen-bond acceptors (Lipinski definition) is 4. The molecule has 0 aliphatic heterocycles. The highest BCUT2D eigenvalue weighted by Gasteiger charge is 2.19. The van der Waals surface area contributed by atoms with Crippen LogP contribution in [0.4, 0.5) is 11.5 Å². The number of aryl methyl sites for hydroxylation is 2. The zero-order valence-corrected chi connectivity index (χ0v) is 12.3. The maximum Gasteiger partial charge on any atom is 0.151 e. The topological polar surface area (TPSA) is 49.1 Å². The Kier molecular flexibility index (Phi) is 3.49. The molecular weight excluding hydrogens is 262 g/mol. The first-order valence-electron chi connectivity index (χ1n) is 7.03. The quantitative estimate of drug-likeness (QED) is 0.865. The number of anilines is 2. The number of methoxy groups -OCH3 is 1. The standard InChI is InChI=1S/C17H17N3O/c1-20(14-6-4-7-15(10-14)21-2)17-13(11-18)9-12-5-3-8-16(12)19-17/h4,6-7,9-10H,3,5,8H2,1-2H3. The zero-order chi connectivity index (χ0) is 14.8. The Balaban J connectivity index is 2.05. The van der Waals surface area contributed by atoms with E-state index in [1.54, 1.807) is 7.11 Å². The van der Waals surface area contributed by atoms with E-state index in [0.29, 0.717) is 11.4 Å². The average molecular weight is 279 g/mol. The summed E-state index contributed by atoms with van der Waals surface area (Å²) < 4.78 is 5.26. The van der Waals surface area contributed by atoms with Crippen molar-refractivity contribution >= 4 is 11.5 Å². The van der Waals surface area contributed by atoms with E-state index in [1.807, 2.05) is 42.3 Å². The highest BCUT2D eigenvalue weighted by atomic mass is 16.5. The number of rotatable bonds is 3. The molecule has 3 rings (SSSR count). The fourth-order valence-electron chi connectivity index (χ4n) is 2.74. The van der Waals surface area contributed by atoms with E-state index in [-0.39, 0.29) is 0 Å². The summed E-state index contributed by atoms with van der Waals surface area (Å²) in [7, 11) is 3.58. The van der Waals surface area contributed by atoms with Crippen LogP contribution in [-0.4, -0.2) is 19.1 Å². The van der Waals surface area contributed by atoms with E-state index in [0.717, 1.165) is 36.4 Å². The molecular formula is C17H17N3O. The van der Waals surface area contributed by atoms with Gasteiger partial charge in [-0.1, -0.05) is 6.07 Å². The number of benzene rings is 1. The predicted octanol–water partition coefficient (Wildman–Crippen LogP) is 3.22. The number of fused-ring (bicyclic) bond motifs is 1. The van der Waals surface area contributed by atoms with Crippen LogP contribution in [0.2, 0.25) is 0 Å². The van der Waals surface area contributed by atoms with Crippen molar-refractivity contribution in [3.63, 3.8) is 0 Å². The second-order valence-electron chi connectivity index (χ2n) is 5.19. The second kappa shape index (κ2) is 5.45. The summed E-state index contributed by atoms with van der Waals surface area (Å²) in [6.45, 7) is 0. The van der Waals surface area contributed by atoms with Gasteiger partial charge < -0.3 is 9.64 Å². The third-order valence-electron chi connectivity index (χ3n) is 3.91. The average Bonchev–Trinajstić information content (AvgIpc) is 3.00. The number of aromatic nitrogens is 1. The monoisotopic (exact) mass is 279 g/mol. The van der Waals surface area contributed by atoms with Crippen LogP contribution in [0.25, 0.3) is 0 Å². The minimum absolute atomic E-state index is 0.626. The van der Waals surface area contributed by atoms with Crippen molar-refractivity contribution in [3.05, 3.63) is 47.2 Å². The molecule has 1 aromatic heterocycles. The van der Waals surface area contributed by atoms with Gasteiger partial charge in [0.2, 0.25) is 0 Å². The Morgan fingerprint density at radius 3 is 2.90 bits per heavy atom. The zero-order valence-electron chi connectivity index (χ0n) is 12.3. The summed E-state index contributed by atoms with van der Waals surface area (Å²) in [6.07, 6.45) is 3.15. The van der Waals surface area contributed by atoms with Crippen LogP contribution in [-0.2, 0) is 12.8 Å². The van der Waals surface area contributed by atoms with Crippen LogP contribution in [0.15, 0.2) is 30.3 Å². The van der Waals surface area contributed by atoms with Crippen LogP contribution in [0.5, 0.6) is 5.75 Å². The molecule has 2 aromatic rings. The predicted molar refractivity (Wildman–Crippen MR) is 82.0 cm³/mol. The molecule has 1 heterocycles. The Morgan fingerprint density at radius 2 is 2.14 bits per heavy atom. The summed E-state index contributed by atoms with van der Waals surface area (Å²) in [6, 6.07) is 12.0. The lowest BCUT2D eigenvalue weighted by Gasteiger charge is -2.21. The molecule has 0 radical (unpaired) electrons. The maximum atomic E-state index is 9.40. The van der Waals surface area contributed by atoms with Gasteiger partial charge in [0.1, 0.15) is 11.8 Å². The molecule has 1 aliphatic rings. The number of ether oxygens (including phenoxy) is 1. The summed E-state index contributed by atoms with van der Waals surface area (Å²) in [4.78, 5) is 6.66. The molecule has 0 fully saturated rings. The molecule has 4 nitrogen and oxygen atoms in total. The Morgan fingerprint density at radius 1 is 1.29 bits per heavy atom. The highest BCUT2D eigenvalue weighted by Crippen LogP contribution is 2.31. The minimum atomic E-state index is 0.626. The Labute approximate surface area is 124 Å².